The van der Waals surface area contributed by atoms with Gasteiger partial charge < -0.3 is 4.74 Å². The lowest BCUT2D eigenvalue weighted by molar-refractivity contribution is 0.483. The molecule has 0 atom stereocenters. The van der Waals surface area contributed by atoms with Gasteiger partial charge in [0.05, 0.1) is 5.41 Å². The van der Waals surface area contributed by atoms with Gasteiger partial charge in [-0.2, -0.15) is 0 Å². The second kappa shape index (κ2) is 12.4. The number of aromatic nitrogens is 3. The Morgan fingerprint density at radius 2 is 0.780 bits per heavy atom. The minimum Gasteiger partial charge on any atom is -0.457 e. The third kappa shape index (κ3) is 5.06. The maximum Gasteiger partial charge on any atom is 0.164 e. The lowest BCUT2D eigenvalue weighted by Crippen LogP contribution is -2.28. The van der Waals surface area contributed by atoms with E-state index in [1.165, 1.54) is 33.4 Å². The molecule has 1 heterocycles. The summed E-state index contributed by atoms with van der Waals surface area (Å²) in [6.07, 6.45) is 0. The Morgan fingerprint density at radius 3 is 1.40 bits per heavy atom. The Hall–Kier alpha value is -6.65. The highest BCUT2D eigenvalue weighted by Gasteiger charge is 2.46. The van der Waals surface area contributed by atoms with Crippen molar-refractivity contribution in [2.75, 3.05) is 0 Å². The Kier molecular flexibility index (Phi) is 7.33. The number of fused-ring (bicyclic) bond motifs is 3. The van der Waals surface area contributed by atoms with Gasteiger partial charge in [-0.25, -0.2) is 15.0 Å². The molecule has 0 fully saturated rings. The van der Waals surface area contributed by atoms with Crippen LogP contribution in [0.1, 0.15) is 22.3 Å². The summed E-state index contributed by atoms with van der Waals surface area (Å²) in [5.74, 6) is 3.37. The van der Waals surface area contributed by atoms with Gasteiger partial charge >= 0.3 is 0 Å². The first-order chi connectivity index (χ1) is 24.8. The van der Waals surface area contributed by atoms with E-state index in [1.807, 2.05) is 84.9 Å². The average molecular weight is 642 g/mol. The summed E-state index contributed by atoms with van der Waals surface area (Å²) in [6.45, 7) is 0. The van der Waals surface area contributed by atoms with Crippen LogP contribution in [0.3, 0.4) is 0 Å². The molecular formula is C46H31N3O. The van der Waals surface area contributed by atoms with Crippen LogP contribution in [-0.2, 0) is 5.41 Å². The van der Waals surface area contributed by atoms with E-state index >= 15 is 0 Å². The normalized spacial score (nSPS) is 12.6. The van der Waals surface area contributed by atoms with Crippen molar-refractivity contribution >= 4 is 0 Å². The molecule has 4 heteroatoms. The van der Waals surface area contributed by atoms with Crippen molar-refractivity contribution in [1.29, 1.82) is 0 Å². The molecule has 1 aliphatic carbocycles. The van der Waals surface area contributed by atoms with Gasteiger partial charge in [0, 0.05) is 16.7 Å². The zero-order chi connectivity index (χ0) is 33.3. The van der Waals surface area contributed by atoms with Crippen LogP contribution < -0.4 is 4.74 Å². The summed E-state index contributed by atoms with van der Waals surface area (Å²) in [7, 11) is 0. The molecule has 0 amide bonds. The molecule has 1 aliphatic rings. The monoisotopic (exact) mass is 641 g/mol. The summed E-state index contributed by atoms with van der Waals surface area (Å²) in [5.41, 5.74) is 9.57. The molecule has 0 spiro atoms. The molecule has 9 rings (SSSR count). The summed E-state index contributed by atoms with van der Waals surface area (Å²) in [4.78, 5) is 15.2. The molecule has 0 N–H and O–H groups in total. The number of para-hydroxylation sites is 1. The number of ether oxygens (including phenoxy) is 1. The third-order valence-electron chi connectivity index (χ3n) is 9.48. The summed E-state index contributed by atoms with van der Waals surface area (Å²) in [5, 5.41) is 0. The number of hydrogen-bond donors (Lipinski definition) is 0. The van der Waals surface area contributed by atoms with Crippen LogP contribution >= 0.6 is 0 Å². The van der Waals surface area contributed by atoms with Crippen molar-refractivity contribution in [3.63, 3.8) is 0 Å². The van der Waals surface area contributed by atoms with Gasteiger partial charge in [-0.05, 0) is 75.8 Å². The Morgan fingerprint density at radius 1 is 0.340 bits per heavy atom. The zero-order valence-corrected chi connectivity index (χ0v) is 27.1. The van der Waals surface area contributed by atoms with Crippen molar-refractivity contribution in [3.05, 3.63) is 210 Å². The molecule has 0 saturated heterocycles. The van der Waals surface area contributed by atoms with E-state index in [2.05, 4.69) is 103 Å². The maximum absolute atomic E-state index is 6.06. The molecular weight excluding hydrogens is 611 g/mol. The van der Waals surface area contributed by atoms with Gasteiger partial charge in [0.1, 0.15) is 11.5 Å². The van der Waals surface area contributed by atoms with E-state index in [1.54, 1.807) is 0 Å². The van der Waals surface area contributed by atoms with Crippen molar-refractivity contribution in [2.24, 2.45) is 0 Å². The summed E-state index contributed by atoms with van der Waals surface area (Å²) >= 11 is 0. The second-order valence-corrected chi connectivity index (χ2v) is 12.4. The summed E-state index contributed by atoms with van der Waals surface area (Å²) < 4.78 is 6.06. The van der Waals surface area contributed by atoms with Gasteiger partial charge in [-0.1, -0.05) is 146 Å². The van der Waals surface area contributed by atoms with E-state index in [0.717, 1.165) is 28.2 Å². The molecule has 0 aliphatic heterocycles. The smallest absolute Gasteiger partial charge is 0.164 e. The van der Waals surface area contributed by atoms with Crippen LogP contribution in [-0.4, -0.2) is 15.0 Å². The largest absolute Gasteiger partial charge is 0.457 e. The van der Waals surface area contributed by atoms with E-state index in [-0.39, 0.29) is 0 Å². The molecule has 0 radical (unpaired) electrons. The van der Waals surface area contributed by atoms with E-state index < -0.39 is 5.41 Å². The molecule has 50 heavy (non-hydrogen) atoms. The number of hydrogen-bond acceptors (Lipinski definition) is 4. The van der Waals surface area contributed by atoms with Gasteiger partial charge in [0.15, 0.2) is 17.5 Å². The predicted molar refractivity (Wildman–Crippen MR) is 200 cm³/mol. The first kappa shape index (κ1) is 29.5. The molecule has 7 aromatic carbocycles. The van der Waals surface area contributed by atoms with Crippen LogP contribution in [0.2, 0.25) is 0 Å². The van der Waals surface area contributed by atoms with Crippen molar-refractivity contribution in [1.82, 2.24) is 15.0 Å². The van der Waals surface area contributed by atoms with Crippen molar-refractivity contribution < 1.29 is 4.74 Å². The predicted octanol–water partition coefficient (Wildman–Crippen LogP) is 11.0. The third-order valence-corrected chi connectivity index (χ3v) is 9.48. The zero-order valence-electron chi connectivity index (χ0n) is 27.1. The molecule has 4 nitrogen and oxygen atoms in total. The highest BCUT2D eigenvalue weighted by Crippen LogP contribution is 2.56. The Bertz CT molecular complexity index is 2390. The van der Waals surface area contributed by atoms with Gasteiger partial charge in [0.2, 0.25) is 0 Å². The minimum atomic E-state index is -0.517. The molecule has 1 aromatic heterocycles. The van der Waals surface area contributed by atoms with E-state index in [4.69, 9.17) is 19.7 Å². The van der Waals surface area contributed by atoms with Crippen LogP contribution in [0.4, 0.5) is 0 Å². The lowest BCUT2D eigenvalue weighted by Gasteiger charge is -2.34. The second-order valence-electron chi connectivity index (χ2n) is 12.4. The maximum atomic E-state index is 6.06. The molecule has 8 aromatic rings. The Balaban J connectivity index is 1.22. The van der Waals surface area contributed by atoms with E-state index in [9.17, 15) is 0 Å². The van der Waals surface area contributed by atoms with E-state index in [0.29, 0.717) is 17.5 Å². The van der Waals surface area contributed by atoms with Crippen LogP contribution in [0.5, 0.6) is 11.5 Å². The highest BCUT2D eigenvalue weighted by molar-refractivity contribution is 5.88. The van der Waals surface area contributed by atoms with Crippen molar-refractivity contribution in [3.8, 4) is 56.8 Å². The van der Waals surface area contributed by atoms with Crippen molar-refractivity contribution in [2.45, 2.75) is 5.41 Å². The van der Waals surface area contributed by atoms with Crippen LogP contribution in [0, 0.1) is 0 Å². The topological polar surface area (TPSA) is 47.9 Å². The SMILES string of the molecule is c1ccc(Oc2ccc(-c3nc(-c4ccccc4)nc(-c4ccc5c(c4)C(c4ccccc4)(c4ccccc4)c4ccccc4-5)n3)cc2)cc1. The van der Waals surface area contributed by atoms with Gasteiger partial charge in [0.25, 0.3) is 0 Å². The number of rotatable bonds is 7. The standard InChI is InChI=1S/C46H31N3O/c1-5-15-32(16-6-1)43-47-44(33-25-28-38(29-26-33)50-37-21-11-4-12-22-37)49-45(48-43)34-27-30-40-39-23-13-14-24-41(39)46(42(40)31-34,35-17-7-2-8-18-35)36-19-9-3-10-20-36/h1-31H. The minimum absolute atomic E-state index is 0.517. The number of nitrogens with zero attached hydrogens (tertiary/aromatic N) is 3. The first-order valence-corrected chi connectivity index (χ1v) is 16.8. The molecule has 0 bridgehead atoms. The molecule has 236 valence electrons. The fourth-order valence-electron chi connectivity index (χ4n) is 7.23. The van der Waals surface area contributed by atoms with Gasteiger partial charge in [-0.3, -0.25) is 0 Å². The quantitative estimate of drug-likeness (QED) is 0.174. The summed E-state index contributed by atoms with van der Waals surface area (Å²) in [6, 6.07) is 64.9. The fourth-order valence-corrected chi connectivity index (χ4v) is 7.23. The van der Waals surface area contributed by atoms with Gasteiger partial charge in [-0.15, -0.1) is 0 Å². The van der Waals surface area contributed by atoms with Crippen LogP contribution in [0.15, 0.2) is 188 Å². The average Bonchev–Trinajstić information content (AvgIpc) is 3.50. The Labute approximate surface area is 291 Å². The first-order valence-electron chi connectivity index (χ1n) is 16.8. The number of benzene rings is 7. The molecule has 0 unspecified atom stereocenters. The lowest BCUT2D eigenvalue weighted by atomic mass is 9.67. The fraction of sp³-hybridized carbons (Fsp3) is 0.0217. The highest BCUT2D eigenvalue weighted by atomic mass is 16.5. The molecule has 0 saturated carbocycles. The van der Waals surface area contributed by atoms with Crippen LogP contribution in [0.25, 0.3) is 45.3 Å².